The lowest BCUT2D eigenvalue weighted by atomic mass is 9.90. The molecule has 1 nitrogen and oxygen atoms in total. The Hall–Kier alpha value is -0.470. The van der Waals surface area contributed by atoms with E-state index in [9.17, 15) is 5.11 Å². The molecule has 0 saturated heterocycles. The van der Waals surface area contributed by atoms with Crippen LogP contribution >= 0.6 is 12.6 Å². The number of benzene rings is 1. The molecule has 0 aromatic heterocycles. The molecule has 1 saturated carbocycles. The number of rotatable bonds is 4. The van der Waals surface area contributed by atoms with Crippen LogP contribution in [-0.4, -0.2) is 16.5 Å². The quantitative estimate of drug-likeness (QED) is 0.770. The van der Waals surface area contributed by atoms with E-state index < -0.39 is 5.60 Å². The third-order valence-corrected chi connectivity index (χ3v) is 3.78. The Morgan fingerprint density at radius 2 is 1.75 bits per heavy atom. The predicted octanol–water partition coefficient (Wildman–Crippen LogP) is 3.01. The Balaban J connectivity index is 2.13. The van der Waals surface area contributed by atoms with Gasteiger partial charge in [0.2, 0.25) is 0 Å². The van der Waals surface area contributed by atoms with Gasteiger partial charge in [0.1, 0.15) is 0 Å². The van der Waals surface area contributed by atoms with Gasteiger partial charge in [-0.2, -0.15) is 12.6 Å². The number of thiol groups is 1. The minimum Gasteiger partial charge on any atom is -0.390 e. The van der Waals surface area contributed by atoms with Crippen LogP contribution < -0.4 is 0 Å². The molecule has 0 unspecified atom stereocenters. The zero-order chi connectivity index (χ0) is 11.4. The van der Waals surface area contributed by atoms with Crippen molar-refractivity contribution < 1.29 is 5.11 Å². The summed E-state index contributed by atoms with van der Waals surface area (Å²) in [6.45, 7) is 0. The summed E-state index contributed by atoms with van der Waals surface area (Å²) in [4.78, 5) is 0. The van der Waals surface area contributed by atoms with Crippen LogP contribution in [0.1, 0.15) is 36.8 Å². The van der Waals surface area contributed by atoms with Crippen molar-refractivity contribution in [1.82, 2.24) is 0 Å². The molecule has 1 aliphatic rings. The highest BCUT2D eigenvalue weighted by Gasteiger charge is 2.31. The van der Waals surface area contributed by atoms with Crippen molar-refractivity contribution >= 4 is 12.6 Å². The van der Waals surface area contributed by atoms with Crippen LogP contribution in [0.5, 0.6) is 0 Å². The van der Waals surface area contributed by atoms with Gasteiger partial charge in [-0.15, -0.1) is 0 Å². The van der Waals surface area contributed by atoms with E-state index in [0.717, 1.165) is 31.4 Å². The fourth-order valence-electron chi connectivity index (χ4n) is 2.66. The minimum atomic E-state index is -0.438. The highest BCUT2D eigenvalue weighted by molar-refractivity contribution is 7.80. The van der Waals surface area contributed by atoms with Gasteiger partial charge in [0, 0.05) is 6.42 Å². The number of hydrogen-bond donors (Lipinski definition) is 2. The summed E-state index contributed by atoms with van der Waals surface area (Å²) in [7, 11) is 0. The molecule has 2 heteroatoms. The van der Waals surface area contributed by atoms with Crippen LogP contribution in [0.25, 0.3) is 0 Å². The van der Waals surface area contributed by atoms with Crippen molar-refractivity contribution in [1.29, 1.82) is 0 Å². The molecule has 1 N–H and O–H groups in total. The molecule has 16 heavy (non-hydrogen) atoms. The van der Waals surface area contributed by atoms with Crippen LogP contribution in [-0.2, 0) is 12.8 Å². The second kappa shape index (κ2) is 5.24. The molecule has 1 aromatic carbocycles. The third-order valence-electron chi connectivity index (χ3n) is 3.55. The maximum Gasteiger partial charge on any atom is 0.0688 e. The molecule has 0 aliphatic heterocycles. The minimum absolute atomic E-state index is 0.438. The first-order chi connectivity index (χ1) is 7.73. The molecule has 1 aliphatic carbocycles. The van der Waals surface area contributed by atoms with Gasteiger partial charge in [0.25, 0.3) is 0 Å². The van der Waals surface area contributed by atoms with Crippen molar-refractivity contribution in [3.63, 3.8) is 0 Å². The summed E-state index contributed by atoms with van der Waals surface area (Å²) in [6, 6.07) is 8.44. The zero-order valence-electron chi connectivity index (χ0n) is 9.65. The van der Waals surface area contributed by atoms with Gasteiger partial charge in [0.05, 0.1) is 5.60 Å². The number of aryl methyl sites for hydroxylation is 1. The lowest BCUT2D eigenvalue weighted by Gasteiger charge is -2.23. The topological polar surface area (TPSA) is 20.2 Å². The molecule has 0 radical (unpaired) electrons. The standard InChI is InChI=1S/C14H20OS/c15-14(8-3-4-9-14)11-13-6-2-1-5-12(13)7-10-16/h1-2,5-6,15-16H,3-4,7-11H2. The van der Waals surface area contributed by atoms with Gasteiger partial charge in [-0.05, 0) is 36.1 Å². The highest BCUT2D eigenvalue weighted by Crippen LogP contribution is 2.33. The van der Waals surface area contributed by atoms with Crippen molar-refractivity contribution in [2.45, 2.75) is 44.1 Å². The van der Waals surface area contributed by atoms with Gasteiger partial charge >= 0.3 is 0 Å². The van der Waals surface area contributed by atoms with Crippen molar-refractivity contribution in [2.24, 2.45) is 0 Å². The zero-order valence-corrected chi connectivity index (χ0v) is 10.5. The van der Waals surface area contributed by atoms with Crippen molar-refractivity contribution in [2.75, 3.05) is 5.75 Å². The molecule has 0 bridgehead atoms. The monoisotopic (exact) mass is 236 g/mol. The van der Waals surface area contributed by atoms with E-state index in [1.807, 2.05) is 0 Å². The molecule has 88 valence electrons. The Kier molecular flexibility index (Phi) is 3.93. The molecule has 0 heterocycles. The number of hydrogen-bond acceptors (Lipinski definition) is 2. The SMILES string of the molecule is OC1(Cc2ccccc2CCS)CCCC1. The van der Waals surface area contributed by atoms with Crippen LogP contribution in [0.3, 0.4) is 0 Å². The van der Waals surface area contributed by atoms with E-state index in [4.69, 9.17) is 0 Å². The molecule has 2 rings (SSSR count). The molecule has 1 fully saturated rings. The van der Waals surface area contributed by atoms with E-state index in [0.29, 0.717) is 0 Å². The van der Waals surface area contributed by atoms with Gasteiger partial charge in [-0.1, -0.05) is 37.1 Å². The summed E-state index contributed by atoms with van der Waals surface area (Å²) in [5.74, 6) is 0.870. The molecular weight excluding hydrogens is 216 g/mol. The van der Waals surface area contributed by atoms with Crippen LogP contribution in [0.15, 0.2) is 24.3 Å². The fraction of sp³-hybridized carbons (Fsp3) is 0.571. The van der Waals surface area contributed by atoms with Gasteiger partial charge in [-0.25, -0.2) is 0 Å². The second-order valence-corrected chi connectivity index (χ2v) is 5.30. The number of aliphatic hydroxyl groups is 1. The maximum absolute atomic E-state index is 10.4. The summed E-state index contributed by atoms with van der Waals surface area (Å²) >= 11 is 4.29. The normalized spacial score (nSPS) is 18.9. The Morgan fingerprint density at radius 1 is 1.12 bits per heavy atom. The van der Waals surface area contributed by atoms with Crippen molar-refractivity contribution in [3.05, 3.63) is 35.4 Å². The predicted molar refractivity (Wildman–Crippen MR) is 71.1 cm³/mol. The summed E-state index contributed by atoms with van der Waals surface area (Å²) < 4.78 is 0. The first-order valence-electron chi connectivity index (χ1n) is 6.13. The van der Waals surface area contributed by atoms with Gasteiger partial charge in [0.15, 0.2) is 0 Å². The first kappa shape index (κ1) is 12.0. The van der Waals surface area contributed by atoms with Crippen LogP contribution in [0, 0.1) is 0 Å². The first-order valence-corrected chi connectivity index (χ1v) is 6.77. The Bertz CT molecular complexity index is 342. The Morgan fingerprint density at radius 3 is 2.38 bits per heavy atom. The molecular formula is C14H20OS. The molecule has 0 spiro atoms. The molecule has 0 amide bonds. The average molecular weight is 236 g/mol. The van der Waals surface area contributed by atoms with Crippen LogP contribution in [0.4, 0.5) is 0 Å². The lowest BCUT2D eigenvalue weighted by molar-refractivity contribution is 0.0480. The fourth-order valence-corrected chi connectivity index (χ4v) is 2.90. The third kappa shape index (κ3) is 2.80. The highest BCUT2D eigenvalue weighted by atomic mass is 32.1. The van der Waals surface area contributed by atoms with Crippen LogP contribution in [0.2, 0.25) is 0 Å². The summed E-state index contributed by atoms with van der Waals surface area (Å²) in [5, 5.41) is 10.4. The molecule has 1 aromatic rings. The van der Waals surface area contributed by atoms with E-state index in [2.05, 4.69) is 36.9 Å². The average Bonchev–Trinajstić information content (AvgIpc) is 2.68. The summed E-state index contributed by atoms with van der Waals surface area (Å²) in [6.07, 6.45) is 6.08. The van der Waals surface area contributed by atoms with E-state index >= 15 is 0 Å². The summed E-state index contributed by atoms with van der Waals surface area (Å²) in [5.41, 5.74) is 2.21. The second-order valence-electron chi connectivity index (χ2n) is 4.85. The van der Waals surface area contributed by atoms with E-state index in [1.165, 1.54) is 24.0 Å². The van der Waals surface area contributed by atoms with E-state index in [-0.39, 0.29) is 0 Å². The van der Waals surface area contributed by atoms with Gasteiger partial charge < -0.3 is 5.11 Å². The lowest BCUT2D eigenvalue weighted by Crippen LogP contribution is -2.27. The maximum atomic E-state index is 10.4. The van der Waals surface area contributed by atoms with Crippen molar-refractivity contribution in [3.8, 4) is 0 Å². The smallest absolute Gasteiger partial charge is 0.0688 e. The Labute approximate surface area is 103 Å². The van der Waals surface area contributed by atoms with Gasteiger partial charge in [-0.3, -0.25) is 0 Å². The van der Waals surface area contributed by atoms with E-state index in [1.54, 1.807) is 0 Å². The largest absolute Gasteiger partial charge is 0.390 e. The molecule has 0 atom stereocenters.